The third-order valence-corrected chi connectivity index (χ3v) is 4.19. The van der Waals surface area contributed by atoms with Crippen molar-refractivity contribution in [2.24, 2.45) is 0 Å². The molecule has 2 N–H and O–H groups in total. The number of hydrogen-bond donors (Lipinski definition) is 1. The first-order valence-electron chi connectivity index (χ1n) is 6.93. The lowest BCUT2D eigenvalue weighted by Crippen LogP contribution is -2.37. The van der Waals surface area contributed by atoms with Gasteiger partial charge in [0, 0.05) is 31.9 Å². The van der Waals surface area contributed by atoms with Crippen LogP contribution >= 0.6 is 0 Å². The zero-order valence-electron chi connectivity index (χ0n) is 11.0. The van der Waals surface area contributed by atoms with E-state index in [-0.39, 0.29) is 0 Å². The molecule has 2 aliphatic heterocycles. The summed E-state index contributed by atoms with van der Waals surface area (Å²) in [5, 5.41) is 9.06. The van der Waals surface area contributed by atoms with Crippen molar-refractivity contribution in [1.29, 1.82) is 5.26 Å². The van der Waals surface area contributed by atoms with E-state index in [0.29, 0.717) is 17.3 Å². The summed E-state index contributed by atoms with van der Waals surface area (Å²) in [5.41, 5.74) is 7.12. The number of fused-ring (bicyclic) bond motifs is 1. The van der Waals surface area contributed by atoms with Gasteiger partial charge in [0.1, 0.15) is 6.07 Å². The Morgan fingerprint density at radius 2 is 2.16 bits per heavy atom. The number of rotatable bonds is 1. The fourth-order valence-corrected chi connectivity index (χ4v) is 3.21. The number of nitrogens with two attached hydrogens (primary N) is 1. The summed E-state index contributed by atoms with van der Waals surface area (Å²) >= 11 is 0. The summed E-state index contributed by atoms with van der Waals surface area (Å²) in [6.07, 6.45) is 5.37. The average Bonchev–Trinajstić information content (AvgIpc) is 2.77. The van der Waals surface area contributed by atoms with Gasteiger partial charge in [0.2, 0.25) is 0 Å². The molecule has 3 heterocycles. The van der Waals surface area contributed by atoms with Gasteiger partial charge in [-0.15, -0.1) is 0 Å². The van der Waals surface area contributed by atoms with Crippen LogP contribution in [0.25, 0.3) is 0 Å². The molecular formula is C14H19N5. The van der Waals surface area contributed by atoms with Gasteiger partial charge in [0.15, 0.2) is 5.82 Å². The maximum atomic E-state index is 9.06. The Bertz CT molecular complexity index is 507. The monoisotopic (exact) mass is 257 g/mol. The molecule has 19 heavy (non-hydrogen) atoms. The van der Waals surface area contributed by atoms with Crippen LogP contribution in [-0.4, -0.2) is 42.1 Å². The lowest BCUT2D eigenvalue weighted by atomic mass is 10.2. The number of nitriles is 1. The number of pyridine rings is 1. The van der Waals surface area contributed by atoms with Gasteiger partial charge in [-0.3, -0.25) is 4.90 Å². The summed E-state index contributed by atoms with van der Waals surface area (Å²) in [5.74, 6) is 0.785. The van der Waals surface area contributed by atoms with Crippen LogP contribution < -0.4 is 10.6 Å². The van der Waals surface area contributed by atoms with E-state index in [1.54, 1.807) is 12.3 Å². The number of aromatic nitrogens is 1. The molecule has 5 heteroatoms. The van der Waals surface area contributed by atoms with E-state index in [9.17, 15) is 0 Å². The van der Waals surface area contributed by atoms with E-state index in [1.807, 2.05) is 0 Å². The fourth-order valence-electron chi connectivity index (χ4n) is 3.21. The van der Waals surface area contributed by atoms with Crippen LogP contribution in [0.1, 0.15) is 24.8 Å². The van der Waals surface area contributed by atoms with E-state index < -0.39 is 0 Å². The number of nitrogen functional groups attached to an aromatic ring is 1. The van der Waals surface area contributed by atoms with Gasteiger partial charge < -0.3 is 10.6 Å². The lowest BCUT2D eigenvalue weighted by Gasteiger charge is -2.27. The van der Waals surface area contributed by atoms with E-state index in [0.717, 1.165) is 25.3 Å². The predicted molar refractivity (Wildman–Crippen MR) is 74.8 cm³/mol. The Morgan fingerprint density at radius 1 is 1.32 bits per heavy atom. The molecule has 0 spiro atoms. The van der Waals surface area contributed by atoms with Crippen LogP contribution in [0.5, 0.6) is 0 Å². The highest BCUT2D eigenvalue weighted by molar-refractivity contribution is 5.70. The summed E-state index contributed by atoms with van der Waals surface area (Å²) < 4.78 is 0. The van der Waals surface area contributed by atoms with Gasteiger partial charge in [-0.25, -0.2) is 4.98 Å². The highest BCUT2D eigenvalue weighted by Crippen LogP contribution is 2.28. The molecule has 1 aromatic rings. The van der Waals surface area contributed by atoms with Crippen molar-refractivity contribution in [2.75, 3.05) is 36.8 Å². The molecule has 0 aromatic carbocycles. The molecule has 1 atom stereocenters. The van der Waals surface area contributed by atoms with Crippen LogP contribution in [-0.2, 0) is 0 Å². The van der Waals surface area contributed by atoms with Crippen molar-refractivity contribution < 1.29 is 0 Å². The van der Waals surface area contributed by atoms with Gasteiger partial charge in [-0.05, 0) is 31.9 Å². The normalized spacial score (nSPS) is 23.7. The Kier molecular flexibility index (Phi) is 3.26. The molecule has 2 saturated heterocycles. The van der Waals surface area contributed by atoms with Crippen molar-refractivity contribution in [3.8, 4) is 6.07 Å². The SMILES string of the molecule is N#Cc1ccnc(N2CCCN3CCCC3C2)c1N. The molecule has 0 bridgehead atoms. The molecular weight excluding hydrogens is 238 g/mol. The molecule has 0 aliphatic carbocycles. The minimum atomic E-state index is 0.524. The van der Waals surface area contributed by atoms with E-state index in [1.165, 1.54) is 25.9 Å². The first-order valence-corrected chi connectivity index (χ1v) is 6.93. The van der Waals surface area contributed by atoms with Crippen molar-refractivity contribution >= 4 is 11.5 Å². The first kappa shape index (κ1) is 12.2. The fraction of sp³-hybridized carbons (Fsp3) is 0.571. The molecule has 0 saturated carbocycles. The quantitative estimate of drug-likeness (QED) is 0.819. The topological polar surface area (TPSA) is 69.2 Å². The summed E-state index contributed by atoms with van der Waals surface area (Å²) in [4.78, 5) is 9.23. The summed E-state index contributed by atoms with van der Waals surface area (Å²) in [7, 11) is 0. The van der Waals surface area contributed by atoms with Crippen LogP contribution in [0.3, 0.4) is 0 Å². The van der Waals surface area contributed by atoms with Crippen LogP contribution in [0, 0.1) is 11.3 Å². The van der Waals surface area contributed by atoms with Crippen LogP contribution in [0.4, 0.5) is 11.5 Å². The zero-order chi connectivity index (χ0) is 13.2. The number of anilines is 2. The Morgan fingerprint density at radius 3 is 3.00 bits per heavy atom. The van der Waals surface area contributed by atoms with Gasteiger partial charge >= 0.3 is 0 Å². The lowest BCUT2D eigenvalue weighted by molar-refractivity contribution is 0.273. The Labute approximate surface area is 113 Å². The molecule has 0 radical (unpaired) electrons. The zero-order valence-corrected chi connectivity index (χ0v) is 11.0. The van der Waals surface area contributed by atoms with E-state index in [4.69, 9.17) is 11.0 Å². The molecule has 3 rings (SSSR count). The average molecular weight is 257 g/mol. The minimum Gasteiger partial charge on any atom is -0.395 e. The third kappa shape index (κ3) is 2.24. The maximum absolute atomic E-state index is 9.06. The smallest absolute Gasteiger partial charge is 0.153 e. The highest BCUT2D eigenvalue weighted by atomic mass is 15.3. The Balaban J connectivity index is 1.87. The molecule has 1 aromatic heterocycles. The third-order valence-electron chi connectivity index (χ3n) is 4.19. The first-order chi connectivity index (χ1) is 9.29. The minimum absolute atomic E-state index is 0.524. The Hall–Kier alpha value is -1.80. The van der Waals surface area contributed by atoms with Gasteiger partial charge in [-0.2, -0.15) is 5.26 Å². The number of hydrogen-bond acceptors (Lipinski definition) is 5. The van der Waals surface area contributed by atoms with E-state index in [2.05, 4.69) is 20.9 Å². The van der Waals surface area contributed by atoms with Crippen LogP contribution in [0.15, 0.2) is 12.3 Å². The molecule has 1 unspecified atom stereocenters. The molecule has 100 valence electrons. The van der Waals surface area contributed by atoms with Crippen molar-refractivity contribution in [2.45, 2.75) is 25.3 Å². The van der Waals surface area contributed by atoms with Crippen molar-refractivity contribution in [3.05, 3.63) is 17.8 Å². The van der Waals surface area contributed by atoms with Crippen molar-refractivity contribution in [3.63, 3.8) is 0 Å². The summed E-state index contributed by atoms with van der Waals surface area (Å²) in [6, 6.07) is 4.43. The molecule has 0 amide bonds. The van der Waals surface area contributed by atoms with E-state index >= 15 is 0 Å². The molecule has 2 aliphatic rings. The summed E-state index contributed by atoms with van der Waals surface area (Å²) in [6.45, 7) is 4.34. The highest BCUT2D eigenvalue weighted by Gasteiger charge is 2.29. The maximum Gasteiger partial charge on any atom is 0.153 e. The van der Waals surface area contributed by atoms with Crippen molar-refractivity contribution in [1.82, 2.24) is 9.88 Å². The standard InChI is InChI=1S/C14H19N5/c15-9-11-4-5-17-14(13(11)16)19-8-2-7-18-6-1-3-12(18)10-19/h4-5,12H,1-3,6-8,10,16H2. The molecule has 5 nitrogen and oxygen atoms in total. The second-order valence-corrected chi connectivity index (χ2v) is 5.34. The predicted octanol–water partition coefficient (Wildman–Crippen LogP) is 1.21. The molecule has 2 fully saturated rings. The second-order valence-electron chi connectivity index (χ2n) is 5.34. The number of nitrogens with zero attached hydrogens (tertiary/aromatic N) is 4. The second kappa shape index (κ2) is 5.06. The van der Waals surface area contributed by atoms with Gasteiger partial charge in [0.25, 0.3) is 0 Å². The van der Waals surface area contributed by atoms with Gasteiger partial charge in [-0.1, -0.05) is 0 Å². The van der Waals surface area contributed by atoms with Gasteiger partial charge in [0.05, 0.1) is 11.3 Å². The van der Waals surface area contributed by atoms with Crippen LogP contribution in [0.2, 0.25) is 0 Å². The largest absolute Gasteiger partial charge is 0.395 e.